The molecule has 0 fully saturated rings. The summed E-state index contributed by atoms with van der Waals surface area (Å²) in [6, 6.07) is 13.0. The van der Waals surface area contributed by atoms with Crippen molar-refractivity contribution in [3.63, 3.8) is 0 Å². The van der Waals surface area contributed by atoms with Gasteiger partial charge in [0, 0.05) is 42.6 Å². The number of nitrogens with zero attached hydrogens (tertiary/aromatic N) is 4. The van der Waals surface area contributed by atoms with Gasteiger partial charge in [0.25, 0.3) is 0 Å². The Hall–Kier alpha value is -3.12. The van der Waals surface area contributed by atoms with E-state index in [1.807, 2.05) is 30.1 Å². The predicted octanol–water partition coefficient (Wildman–Crippen LogP) is 3.43. The number of pyridine rings is 1. The van der Waals surface area contributed by atoms with Crippen molar-refractivity contribution >= 4 is 33.9 Å². The molecule has 2 aliphatic heterocycles. The number of likely N-dealkylation sites (N-methyl/N-ethyl adjacent to an activating group) is 1. The number of anilines is 2. The van der Waals surface area contributed by atoms with Gasteiger partial charge in [-0.1, -0.05) is 24.3 Å². The van der Waals surface area contributed by atoms with Crippen LogP contribution in [-0.4, -0.2) is 65.9 Å². The molecule has 0 spiro atoms. The second-order valence-corrected chi connectivity index (χ2v) is 8.36. The first kappa shape index (κ1) is 18.9. The number of carbonyl (C=O) groups is 1. The Morgan fingerprint density at radius 3 is 2.80 bits per heavy atom. The lowest BCUT2D eigenvalue weighted by Crippen LogP contribution is -2.40. The second-order valence-electron chi connectivity index (χ2n) is 8.36. The molecule has 1 N–H and O–H groups in total. The maximum absolute atomic E-state index is 12.3. The quantitative estimate of drug-likeness (QED) is 0.728. The topological polar surface area (TPSA) is 55.5 Å². The molecule has 0 atom stereocenters. The van der Waals surface area contributed by atoms with Crippen molar-refractivity contribution in [1.82, 2.24) is 19.8 Å². The van der Waals surface area contributed by atoms with Gasteiger partial charge in [-0.15, -0.1) is 0 Å². The van der Waals surface area contributed by atoms with Crippen LogP contribution in [0, 0.1) is 0 Å². The van der Waals surface area contributed by atoms with Gasteiger partial charge in [0.1, 0.15) is 5.65 Å². The summed E-state index contributed by atoms with van der Waals surface area (Å²) in [6.07, 6.45) is 5.98. The van der Waals surface area contributed by atoms with Crippen LogP contribution in [0.3, 0.4) is 0 Å². The van der Waals surface area contributed by atoms with E-state index in [9.17, 15) is 4.79 Å². The van der Waals surface area contributed by atoms with Crippen molar-refractivity contribution in [2.45, 2.75) is 12.8 Å². The smallest absolute Gasteiger partial charge is 0.237 e. The predicted molar refractivity (Wildman–Crippen MR) is 121 cm³/mol. The van der Waals surface area contributed by atoms with Crippen molar-refractivity contribution in [1.29, 1.82) is 0 Å². The molecule has 154 valence electrons. The van der Waals surface area contributed by atoms with Crippen LogP contribution in [0.15, 0.2) is 48.7 Å². The molecule has 0 unspecified atom stereocenters. The number of benzene rings is 1. The molecular weight excluding hydrogens is 374 g/mol. The van der Waals surface area contributed by atoms with Crippen LogP contribution in [-0.2, 0) is 11.2 Å². The highest BCUT2D eigenvalue weighted by Gasteiger charge is 2.23. The zero-order valence-electron chi connectivity index (χ0n) is 17.6. The number of para-hydroxylation sites is 1. The molecule has 6 heteroatoms. The van der Waals surface area contributed by atoms with Gasteiger partial charge in [0.2, 0.25) is 5.91 Å². The van der Waals surface area contributed by atoms with Gasteiger partial charge in [-0.05, 0) is 56.3 Å². The molecule has 2 aromatic heterocycles. The summed E-state index contributed by atoms with van der Waals surface area (Å²) in [7, 11) is 3.86. The highest BCUT2D eigenvalue weighted by atomic mass is 16.2. The number of hydrogen-bond acceptors (Lipinski definition) is 4. The molecular formula is C24H27N5O. The van der Waals surface area contributed by atoms with Gasteiger partial charge in [-0.2, -0.15) is 0 Å². The van der Waals surface area contributed by atoms with E-state index >= 15 is 0 Å². The third-order valence-electron chi connectivity index (χ3n) is 6.05. The molecule has 1 aromatic carbocycles. The van der Waals surface area contributed by atoms with E-state index in [0.29, 0.717) is 13.1 Å². The Labute approximate surface area is 176 Å². The molecule has 3 aromatic rings. The van der Waals surface area contributed by atoms with Crippen LogP contribution in [0.25, 0.3) is 16.6 Å². The van der Waals surface area contributed by atoms with Crippen molar-refractivity contribution < 1.29 is 4.79 Å². The van der Waals surface area contributed by atoms with Crippen LogP contribution in [0.5, 0.6) is 0 Å². The maximum Gasteiger partial charge on any atom is 0.237 e. The molecule has 6 nitrogen and oxygen atoms in total. The van der Waals surface area contributed by atoms with E-state index in [4.69, 9.17) is 0 Å². The fourth-order valence-electron chi connectivity index (χ4n) is 4.52. The van der Waals surface area contributed by atoms with Crippen molar-refractivity contribution in [3.05, 3.63) is 59.9 Å². The number of aromatic amines is 1. The average Bonchev–Trinajstić information content (AvgIpc) is 3.37. The lowest BCUT2D eigenvalue weighted by atomic mass is 10.0. The number of aromatic nitrogens is 2. The summed E-state index contributed by atoms with van der Waals surface area (Å²) in [5.41, 5.74) is 7.17. The zero-order chi connectivity index (χ0) is 20.7. The van der Waals surface area contributed by atoms with E-state index < -0.39 is 0 Å². The van der Waals surface area contributed by atoms with Gasteiger partial charge in [0.05, 0.1) is 12.2 Å². The maximum atomic E-state index is 12.3. The Bertz CT molecular complexity index is 1130. The molecule has 0 radical (unpaired) electrons. The molecule has 2 aliphatic rings. The monoisotopic (exact) mass is 401 g/mol. The molecule has 0 saturated heterocycles. The highest BCUT2D eigenvalue weighted by Crippen LogP contribution is 2.38. The minimum absolute atomic E-state index is 0.184. The van der Waals surface area contributed by atoms with Gasteiger partial charge in [-0.3, -0.25) is 4.79 Å². The third-order valence-corrected chi connectivity index (χ3v) is 6.05. The molecule has 0 saturated carbocycles. The lowest BCUT2D eigenvalue weighted by Gasteiger charge is -2.27. The Balaban J connectivity index is 1.43. The number of fused-ring (bicyclic) bond motifs is 2. The van der Waals surface area contributed by atoms with E-state index in [1.165, 1.54) is 22.5 Å². The first-order valence-corrected chi connectivity index (χ1v) is 10.6. The molecule has 0 aliphatic carbocycles. The number of hydrogen-bond donors (Lipinski definition) is 1. The molecule has 4 heterocycles. The standard InChI is InChI=1S/C24H27N5O/c1-27(2)16-23(30)28-12-8-17(9-13-28)20-15-19-22(7-11-25-24(19)26-20)29-14-10-18-5-3-4-6-21(18)29/h3-8,11,15H,9-10,12-14,16H2,1-2H3,(H,25,26). The summed E-state index contributed by atoms with van der Waals surface area (Å²) in [4.78, 5) is 26.7. The largest absolute Gasteiger partial charge is 0.340 e. The van der Waals surface area contributed by atoms with E-state index in [-0.39, 0.29) is 5.91 Å². The number of amides is 1. The van der Waals surface area contributed by atoms with Crippen LogP contribution >= 0.6 is 0 Å². The van der Waals surface area contributed by atoms with Crippen LogP contribution in [0.1, 0.15) is 17.7 Å². The van der Waals surface area contributed by atoms with E-state index in [1.54, 1.807) is 0 Å². The Morgan fingerprint density at radius 1 is 1.13 bits per heavy atom. The number of rotatable bonds is 4. The molecule has 30 heavy (non-hydrogen) atoms. The van der Waals surface area contributed by atoms with Crippen LogP contribution in [0.4, 0.5) is 11.4 Å². The fourth-order valence-corrected chi connectivity index (χ4v) is 4.52. The molecule has 1 amide bonds. The third kappa shape index (κ3) is 3.37. The summed E-state index contributed by atoms with van der Waals surface area (Å²) in [6.45, 7) is 2.87. The summed E-state index contributed by atoms with van der Waals surface area (Å²) < 4.78 is 0. The first-order valence-electron chi connectivity index (χ1n) is 10.6. The lowest BCUT2D eigenvalue weighted by molar-refractivity contribution is -0.131. The van der Waals surface area contributed by atoms with E-state index in [0.717, 1.165) is 42.7 Å². The molecule has 5 rings (SSSR count). The van der Waals surface area contributed by atoms with Gasteiger partial charge in [-0.25, -0.2) is 4.98 Å². The Kier molecular flexibility index (Phi) is 4.79. The minimum Gasteiger partial charge on any atom is -0.340 e. The van der Waals surface area contributed by atoms with E-state index in [2.05, 4.69) is 57.3 Å². The summed E-state index contributed by atoms with van der Waals surface area (Å²) in [5.74, 6) is 0.184. The van der Waals surface area contributed by atoms with Gasteiger partial charge < -0.3 is 19.7 Å². The normalized spacial score (nSPS) is 16.3. The first-order chi connectivity index (χ1) is 14.6. The highest BCUT2D eigenvalue weighted by molar-refractivity contribution is 5.95. The van der Waals surface area contributed by atoms with Crippen LogP contribution in [0.2, 0.25) is 0 Å². The number of carbonyl (C=O) groups excluding carboxylic acids is 1. The number of H-pyrrole nitrogens is 1. The number of nitrogens with one attached hydrogen (secondary N) is 1. The summed E-state index contributed by atoms with van der Waals surface area (Å²) >= 11 is 0. The second kappa shape index (κ2) is 7.61. The average molecular weight is 402 g/mol. The van der Waals surface area contributed by atoms with Crippen molar-refractivity contribution in [3.8, 4) is 0 Å². The zero-order valence-corrected chi connectivity index (χ0v) is 17.6. The Morgan fingerprint density at radius 2 is 2.00 bits per heavy atom. The SMILES string of the molecule is CN(C)CC(=O)N1CC=C(c2cc3c(N4CCc5ccccc54)ccnc3[nH]2)CC1. The van der Waals surface area contributed by atoms with Gasteiger partial charge in [0.15, 0.2) is 0 Å². The molecule has 0 bridgehead atoms. The van der Waals surface area contributed by atoms with Gasteiger partial charge >= 0.3 is 0 Å². The van der Waals surface area contributed by atoms with Crippen LogP contribution < -0.4 is 4.90 Å². The van der Waals surface area contributed by atoms with Crippen molar-refractivity contribution in [2.75, 3.05) is 45.2 Å². The van der Waals surface area contributed by atoms with Crippen molar-refractivity contribution in [2.24, 2.45) is 0 Å². The fraction of sp³-hybridized carbons (Fsp3) is 0.333. The minimum atomic E-state index is 0.184. The summed E-state index contributed by atoms with van der Waals surface area (Å²) in [5, 5.41) is 1.15.